The van der Waals surface area contributed by atoms with Crippen molar-refractivity contribution in [3.05, 3.63) is 41.9 Å². The van der Waals surface area contributed by atoms with E-state index in [-0.39, 0.29) is 0 Å². The molecule has 2 aromatic heterocycles. The fraction of sp³-hybridized carbons (Fsp3) is 0.286. The normalized spacial score (nSPS) is 11.3. The van der Waals surface area contributed by atoms with Gasteiger partial charge in [0.25, 0.3) is 0 Å². The van der Waals surface area contributed by atoms with E-state index in [2.05, 4.69) is 45.8 Å². The van der Waals surface area contributed by atoms with Gasteiger partial charge < -0.3 is 9.88 Å². The molecule has 3 aromatic rings. The van der Waals surface area contributed by atoms with E-state index in [1.54, 1.807) is 11.3 Å². The Balaban J connectivity index is 1.76. The number of hydrogen-bond donors (Lipinski definition) is 1. The van der Waals surface area contributed by atoms with Gasteiger partial charge in [0.05, 0.1) is 34.3 Å². The van der Waals surface area contributed by atoms with E-state index in [1.807, 2.05) is 24.1 Å². The number of nitrogens with one attached hydrogen (secondary N) is 1. The standard InChI is InChI=1S/C14H16N4S/c1-10(2)18-8-15-6-12(18)7-16-11-3-4-13-14(5-11)19-9-17-13/h3-6,8-10,16H,7H2,1-2H3. The van der Waals surface area contributed by atoms with Gasteiger partial charge in [0.1, 0.15) is 0 Å². The van der Waals surface area contributed by atoms with Crippen molar-refractivity contribution < 1.29 is 0 Å². The number of rotatable bonds is 4. The molecule has 0 atom stereocenters. The van der Waals surface area contributed by atoms with Crippen LogP contribution in [0.5, 0.6) is 0 Å². The molecule has 1 N–H and O–H groups in total. The van der Waals surface area contributed by atoms with Crippen LogP contribution in [0.4, 0.5) is 5.69 Å². The highest BCUT2D eigenvalue weighted by molar-refractivity contribution is 7.16. The largest absolute Gasteiger partial charge is 0.379 e. The maximum absolute atomic E-state index is 4.28. The molecule has 4 nitrogen and oxygen atoms in total. The van der Waals surface area contributed by atoms with E-state index in [1.165, 1.54) is 10.4 Å². The number of thiazole rings is 1. The van der Waals surface area contributed by atoms with Gasteiger partial charge in [-0.2, -0.15) is 0 Å². The Morgan fingerprint density at radius 1 is 1.37 bits per heavy atom. The van der Waals surface area contributed by atoms with Crippen molar-refractivity contribution in [2.75, 3.05) is 5.32 Å². The molecule has 19 heavy (non-hydrogen) atoms. The summed E-state index contributed by atoms with van der Waals surface area (Å²) in [6.07, 6.45) is 3.80. The first-order valence-corrected chi connectivity index (χ1v) is 7.20. The van der Waals surface area contributed by atoms with Gasteiger partial charge in [-0.25, -0.2) is 9.97 Å². The van der Waals surface area contributed by atoms with Gasteiger partial charge in [0.15, 0.2) is 0 Å². The van der Waals surface area contributed by atoms with Crippen LogP contribution in [0.3, 0.4) is 0 Å². The fourth-order valence-corrected chi connectivity index (χ4v) is 2.81. The number of nitrogens with zero attached hydrogens (tertiary/aromatic N) is 3. The monoisotopic (exact) mass is 272 g/mol. The lowest BCUT2D eigenvalue weighted by Gasteiger charge is -2.12. The van der Waals surface area contributed by atoms with Crippen molar-refractivity contribution in [1.82, 2.24) is 14.5 Å². The number of fused-ring (bicyclic) bond motifs is 1. The molecular weight excluding hydrogens is 256 g/mol. The Labute approximate surface area is 116 Å². The summed E-state index contributed by atoms with van der Waals surface area (Å²) >= 11 is 1.66. The zero-order chi connectivity index (χ0) is 13.2. The summed E-state index contributed by atoms with van der Waals surface area (Å²) < 4.78 is 3.39. The highest BCUT2D eigenvalue weighted by atomic mass is 32.1. The van der Waals surface area contributed by atoms with E-state index in [9.17, 15) is 0 Å². The van der Waals surface area contributed by atoms with Gasteiger partial charge in [-0.1, -0.05) is 0 Å². The first-order valence-electron chi connectivity index (χ1n) is 6.32. The maximum Gasteiger partial charge on any atom is 0.0951 e. The predicted octanol–water partition coefficient (Wildman–Crippen LogP) is 3.69. The Morgan fingerprint density at radius 2 is 2.26 bits per heavy atom. The van der Waals surface area contributed by atoms with Crippen molar-refractivity contribution in [1.29, 1.82) is 0 Å². The molecule has 3 rings (SSSR count). The summed E-state index contributed by atoms with van der Waals surface area (Å²) in [5.74, 6) is 0. The third-order valence-electron chi connectivity index (χ3n) is 3.11. The molecule has 2 heterocycles. The molecule has 0 amide bonds. The Morgan fingerprint density at radius 3 is 3.11 bits per heavy atom. The van der Waals surface area contributed by atoms with Crippen LogP contribution in [-0.2, 0) is 6.54 Å². The second kappa shape index (κ2) is 5.01. The minimum absolute atomic E-state index is 0.434. The van der Waals surface area contributed by atoms with Crippen LogP contribution in [0.25, 0.3) is 10.2 Å². The van der Waals surface area contributed by atoms with Crippen molar-refractivity contribution in [3.63, 3.8) is 0 Å². The number of imidazole rings is 1. The van der Waals surface area contributed by atoms with Crippen molar-refractivity contribution in [2.24, 2.45) is 0 Å². The van der Waals surface area contributed by atoms with Gasteiger partial charge >= 0.3 is 0 Å². The maximum atomic E-state index is 4.28. The highest BCUT2D eigenvalue weighted by Gasteiger charge is 2.05. The average molecular weight is 272 g/mol. The highest BCUT2D eigenvalue weighted by Crippen LogP contribution is 2.22. The van der Waals surface area contributed by atoms with Crippen LogP contribution in [0.1, 0.15) is 25.6 Å². The molecule has 0 fully saturated rings. The number of benzene rings is 1. The third-order valence-corrected chi connectivity index (χ3v) is 3.90. The molecule has 0 aliphatic rings. The lowest BCUT2D eigenvalue weighted by atomic mass is 10.3. The quantitative estimate of drug-likeness (QED) is 0.787. The summed E-state index contributed by atoms with van der Waals surface area (Å²) in [7, 11) is 0. The Kier molecular flexibility index (Phi) is 3.21. The lowest BCUT2D eigenvalue weighted by Crippen LogP contribution is -2.08. The Hall–Kier alpha value is -1.88. The minimum Gasteiger partial charge on any atom is -0.379 e. The molecule has 0 saturated carbocycles. The second-order valence-electron chi connectivity index (χ2n) is 4.77. The third kappa shape index (κ3) is 2.46. The zero-order valence-corrected chi connectivity index (χ0v) is 11.8. The molecule has 0 bridgehead atoms. The van der Waals surface area contributed by atoms with Gasteiger partial charge in [0, 0.05) is 17.9 Å². The minimum atomic E-state index is 0.434. The molecule has 0 radical (unpaired) electrons. The van der Waals surface area contributed by atoms with Crippen LogP contribution in [0.15, 0.2) is 36.2 Å². The van der Waals surface area contributed by atoms with Crippen molar-refractivity contribution in [3.8, 4) is 0 Å². The van der Waals surface area contributed by atoms with E-state index >= 15 is 0 Å². The second-order valence-corrected chi connectivity index (χ2v) is 5.66. The van der Waals surface area contributed by atoms with Gasteiger partial charge in [-0.05, 0) is 32.0 Å². The Bertz CT molecular complexity index is 683. The summed E-state index contributed by atoms with van der Waals surface area (Å²) in [4.78, 5) is 8.50. The molecule has 98 valence electrons. The number of hydrogen-bond acceptors (Lipinski definition) is 4. The fourth-order valence-electron chi connectivity index (χ4n) is 2.09. The predicted molar refractivity (Wildman–Crippen MR) is 79.6 cm³/mol. The van der Waals surface area contributed by atoms with Gasteiger partial charge in [0.2, 0.25) is 0 Å². The van der Waals surface area contributed by atoms with Gasteiger partial charge in [-0.15, -0.1) is 11.3 Å². The zero-order valence-electron chi connectivity index (χ0n) is 11.0. The topological polar surface area (TPSA) is 42.7 Å². The molecular formula is C14H16N4S. The van der Waals surface area contributed by atoms with Crippen LogP contribution in [-0.4, -0.2) is 14.5 Å². The molecule has 0 aliphatic carbocycles. The molecule has 1 aromatic carbocycles. The SMILES string of the molecule is CC(C)n1cncc1CNc1ccc2ncsc2c1. The van der Waals surface area contributed by atoms with Gasteiger partial charge in [-0.3, -0.25) is 0 Å². The molecule has 0 saturated heterocycles. The van der Waals surface area contributed by atoms with E-state index in [4.69, 9.17) is 0 Å². The molecule has 5 heteroatoms. The van der Waals surface area contributed by atoms with Crippen LogP contribution >= 0.6 is 11.3 Å². The van der Waals surface area contributed by atoms with Crippen LogP contribution < -0.4 is 5.32 Å². The lowest BCUT2D eigenvalue weighted by molar-refractivity contribution is 0.577. The van der Waals surface area contributed by atoms with E-state index < -0.39 is 0 Å². The molecule has 0 spiro atoms. The summed E-state index contributed by atoms with van der Waals surface area (Å²) in [5.41, 5.74) is 5.25. The van der Waals surface area contributed by atoms with Crippen LogP contribution in [0.2, 0.25) is 0 Å². The summed E-state index contributed by atoms with van der Waals surface area (Å²) in [5, 5.41) is 3.44. The van der Waals surface area contributed by atoms with Crippen molar-refractivity contribution >= 4 is 27.2 Å². The first-order chi connectivity index (χ1) is 9.24. The average Bonchev–Trinajstić information content (AvgIpc) is 3.04. The molecule has 0 unspecified atom stereocenters. The van der Waals surface area contributed by atoms with E-state index in [0.29, 0.717) is 6.04 Å². The smallest absolute Gasteiger partial charge is 0.0951 e. The van der Waals surface area contributed by atoms with Crippen molar-refractivity contribution in [2.45, 2.75) is 26.4 Å². The number of anilines is 1. The number of aromatic nitrogens is 3. The molecule has 0 aliphatic heterocycles. The van der Waals surface area contributed by atoms with E-state index in [0.717, 1.165) is 17.7 Å². The first kappa shape index (κ1) is 12.2. The summed E-state index contributed by atoms with van der Waals surface area (Å²) in [6.45, 7) is 5.10. The van der Waals surface area contributed by atoms with Crippen LogP contribution in [0, 0.1) is 0 Å². The summed E-state index contributed by atoms with van der Waals surface area (Å²) in [6, 6.07) is 6.69.